The zero-order chi connectivity index (χ0) is 14.5. The first-order valence-electron chi connectivity index (χ1n) is 6.08. The summed E-state index contributed by atoms with van der Waals surface area (Å²) in [5.74, 6) is -0.0773. The number of thioether (sulfide) groups is 1. The molecule has 1 aromatic heterocycles. The zero-order valence-electron chi connectivity index (χ0n) is 11.3. The fourth-order valence-corrected chi connectivity index (χ4v) is 2.42. The summed E-state index contributed by atoms with van der Waals surface area (Å²) in [6.07, 6.45) is 0.309. The lowest BCUT2D eigenvalue weighted by atomic mass is 10.2. The van der Waals surface area contributed by atoms with Crippen molar-refractivity contribution in [2.75, 3.05) is 11.1 Å². The molecule has 2 rings (SSSR count). The highest BCUT2D eigenvalue weighted by Gasteiger charge is 2.14. The van der Waals surface area contributed by atoms with Crippen molar-refractivity contribution in [1.82, 2.24) is 5.27 Å². The van der Waals surface area contributed by atoms with E-state index in [1.54, 1.807) is 7.05 Å². The van der Waals surface area contributed by atoms with E-state index in [2.05, 4.69) is 15.1 Å². The molecule has 0 atom stereocenters. The largest absolute Gasteiger partial charge is 0.538 e. The number of benzene rings is 1. The van der Waals surface area contributed by atoms with Gasteiger partial charge in [0.25, 0.3) is 5.03 Å². The number of nitrogens with zero attached hydrogens (tertiary/aromatic N) is 2. The lowest BCUT2D eigenvalue weighted by molar-refractivity contribution is -0.772. The van der Waals surface area contributed by atoms with Gasteiger partial charge in [-0.1, -0.05) is 34.1 Å². The molecule has 1 N–H and O–H groups in total. The van der Waals surface area contributed by atoms with Gasteiger partial charge in [-0.25, -0.2) is 0 Å². The fraction of sp³-hybridized carbons (Fsp3) is 0.308. The Morgan fingerprint density at radius 2 is 2.15 bits per heavy atom. The molecule has 0 radical (unpaired) electrons. The highest BCUT2D eigenvalue weighted by atomic mass is 32.2. The first-order valence-corrected chi connectivity index (χ1v) is 7.07. The summed E-state index contributed by atoms with van der Waals surface area (Å²) in [6.45, 7) is 1.99. The van der Waals surface area contributed by atoms with Gasteiger partial charge in [-0.3, -0.25) is 4.79 Å². The second kappa shape index (κ2) is 6.42. The maximum atomic E-state index is 11.7. The normalized spacial score (nSPS) is 10.5. The Labute approximate surface area is 120 Å². The van der Waals surface area contributed by atoms with Crippen LogP contribution in [0.3, 0.4) is 0 Å². The molecule has 2 aromatic rings. The molecular weight excluding hydrogens is 278 g/mol. The SMILES string of the molecule is Cc1ccc(NC(=O)CCSc2c([O-])on[n+]2C)cc1. The highest BCUT2D eigenvalue weighted by Crippen LogP contribution is 2.21. The molecule has 0 fully saturated rings. The molecule has 7 heteroatoms. The van der Waals surface area contributed by atoms with Gasteiger partial charge in [-0.2, -0.15) is 0 Å². The van der Waals surface area contributed by atoms with Crippen molar-refractivity contribution in [2.24, 2.45) is 7.05 Å². The summed E-state index contributed by atoms with van der Waals surface area (Å²) in [5.41, 5.74) is 1.91. The van der Waals surface area contributed by atoms with Crippen LogP contribution in [0.1, 0.15) is 12.0 Å². The van der Waals surface area contributed by atoms with E-state index in [-0.39, 0.29) is 5.91 Å². The third kappa shape index (κ3) is 3.74. The molecule has 1 aromatic carbocycles. The van der Waals surface area contributed by atoms with Gasteiger partial charge >= 0.3 is 0 Å². The van der Waals surface area contributed by atoms with Gasteiger partial charge in [0.15, 0.2) is 13.0 Å². The number of hydrogen-bond acceptors (Lipinski definition) is 5. The van der Waals surface area contributed by atoms with Crippen molar-refractivity contribution in [3.8, 4) is 5.95 Å². The van der Waals surface area contributed by atoms with E-state index in [0.717, 1.165) is 11.3 Å². The third-order valence-corrected chi connectivity index (χ3v) is 3.73. The minimum atomic E-state index is -0.476. The number of amides is 1. The summed E-state index contributed by atoms with van der Waals surface area (Å²) in [6, 6.07) is 7.59. The molecule has 0 aliphatic rings. The van der Waals surface area contributed by atoms with Crippen LogP contribution < -0.4 is 15.1 Å². The van der Waals surface area contributed by atoms with Gasteiger partial charge in [0, 0.05) is 17.9 Å². The predicted octanol–water partition coefficient (Wildman–Crippen LogP) is 1.00. The smallest absolute Gasteiger partial charge is 0.290 e. The maximum Gasteiger partial charge on any atom is 0.290 e. The number of anilines is 1. The summed E-state index contributed by atoms with van der Waals surface area (Å²) >= 11 is 1.26. The van der Waals surface area contributed by atoms with Crippen molar-refractivity contribution in [2.45, 2.75) is 18.4 Å². The second-order valence-electron chi connectivity index (χ2n) is 4.30. The van der Waals surface area contributed by atoms with Gasteiger partial charge in [0.05, 0.1) is 5.27 Å². The van der Waals surface area contributed by atoms with Crippen LogP contribution in [0, 0.1) is 6.92 Å². The van der Waals surface area contributed by atoms with Crippen LogP contribution in [0.5, 0.6) is 5.95 Å². The van der Waals surface area contributed by atoms with Gasteiger partial charge in [0.1, 0.15) is 0 Å². The molecule has 1 heterocycles. The summed E-state index contributed by atoms with van der Waals surface area (Å²) in [7, 11) is 1.62. The van der Waals surface area contributed by atoms with Crippen LogP contribution in [0.2, 0.25) is 0 Å². The van der Waals surface area contributed by atoms with Crippen molar-refractivity contribution in [3.63, 3.8) is 0 Å². The average molecular weight is 293 g/mol. The van der Waals surface area contributed by atoms with Crippen LogP contribution in [0.15, 0.2) is 33.8 Å². The lowest BCUT2D eigenvalue weighted by Crippen LogP contribution is -2.32. The van der Waals surface area contributed by atoms with Crippen molar-refractivity contribution < 1.29 is 19.1 Å². The Bertz CT molecular complexity index is 576. The minimum absolute atomic E-state index is 0.0899. The van der Waals surface area contributed by atoms with E-state index in [1.807, 2.05) is 31.2 Å². The predicted molar refractivity (Wildman–Crippen MR) is 72.3 cm³/mol. The Morgan fingerprint density at radius 3 is 2.75 bits per heavy atom. The number of hydrogen-bond donors (Lipinski definition) is 1. The molecule has 0 unspecified atom stereocenters. The van der Waals surface area contributed by atoms with E-state index in [1.165, 1.54) is 16.4 Å². The first-order chi connectivity index (χ1) is 9.56. The number of rotatable bonds is 5. The second-order valence-corrected chi connectivity index (χ2v) is 5.39. The van der Waals surface area contributed by atoms with Crippen molar-refractivity contribution >= 4 is 23.4 Å². The monoisotopic (exact) mass is 293 g/mol. The number of aromatic nitrogens is 2. The van der Waals surface area contributed by atoms with Gasteiger partial charge in [-0.15, -0.1) is 0 Å². The topological polar surface area (TPSA) is 82.1 Å². The number of nitrogens with one attached hydrogen (secondary N) is 1. The minimum Gasteiger partial charge on any atom is -0.538 e. The summed E-state index contributed by atoms with van der Waals surface area (Å²) < 4.78 is 5.86. The van der Waals surface area contributed by atoms with E-state index in [9.17, 15) is 9.90 Å². The standard InChI is InChI=1S/C13H15N3O3S/c1-9-3-5-10(6-4-9)14-11(17)7-8-20-12-13(18)19-15-16(12)2/h3-6H,7-8H2,1-2H3,(H-,14,15,17,18). The van der Waals surface area contributed by atoms with Crippen LogP contribution >= 0.6 is 11.8 Å². The van der Waals surface area contributed by atoms with E-state index >= 15 is 0 Å². The Kier molecular flexibility index (Phi) is 4.62. The third-order valence-electron chi connectivity index (χ3n) is 2.62. The number of aryl methyl sites for hydroxylation is 2. The van der Waals surface area contributed by atoms with Crippen LogP contribution in [-0.2, 0) is 11.8 Å². The Hall–Kier alpha value is -2.02. The van der Waals surface area contributed by atoms with Gasteiger partial charge < -0.3 is 14.9 Å². The molecule has 0 spiro atoms. The molecule has 0 aliphatic heterocycles. The molecular formula is C13H15N3O3S. The first kappa shape index (κ1) is 14.4. The van der Waals surface area contributed by atoms with Crippen LogP contribution in [0.25, 0.3) is 0 Å². The fourth-order valence-electron chi connectivity index (χ4n) is 1.56. The summed E-state index contributed by atoms with van der Waals surface area (Å²) in [4.78, 5) is 11.7. The van der Waals surface area contributed by atoms with Crippen LogP contribution in [-0.4, -0.2) is 16.9 Å². The molecule has 20 heavy (non-hydrogen) atoms. The quantitative estimate of drug-likeness (QED) is 0.657. The zero-order valence-corrected chi connectivity index (χ0v) is 12.1. The molecule has 106 valence electrons. The number of carbonyl (C=O) groups is 1. The molecule has 6 nitrogen and oxygen atoms in total. The van der Waals surface area contributed by atoms with E-state index in [4.69, 9.17) is 0 Å². The van der Waals surface area contributed by atoms with E-state index < -0.39 is 5.95 Å². The maximum absolute atomic E-state index is 11.7. The molecule has 0 bridgehead atoms. The average Bonchev–Trinajstić information content (AvgIpc) is 2.73. The van der Waals surface area contributed by atoms with Crippen LogP contribution in [0.4, 0.5) is 5.69 Å². The van der Waals surface area contributed by atoms with E-state index in [0.29, 0.717) is 17.2 Å². The number of carbonyl (C=O) groups excluding carboxylic acids is 1. The Balaban J connectivity index is 1.79. The van der Waals surface area contributed by atoms with Crippen molar-refractivity contribution in [3.05, 3.63) is 29.8 Å². The summed E-state index contributed by atoms with van der Waals surface area (Å²) in [5, 5.41) is 18.0. The van der Waals surface area contributed by atoms with Gasteiger partial charge in [-0.05, 0) is 19.1 Å². The van der Waals surface area contributed by atoms with Gasteiger partial charge in [0.2, 0.25) is 5.91 Å². The lowest BCUT2D eigenvalue weighted by Gasteiger charge is -2.04. The Morgan fingerprint density at radius 1 is 1.45 bits per heavy atom. The molecule has 1 amide bonds. The molecule has 0 saturated carbocycles. The molecule has 0 saturated heterocycles. The van der Waals surface area contributed by atoms with Crippen molar-refractivity contribution in [1.29, 1.82) is 0 Å². The molecule has 0 aliphatic carbocycles. The highest BCUT2D eigenvalue weighted by molar-refractivity contribution is 7.99.